The number of rotatable bonds is 6. The summed E-state index contributed by atoms with van der Waals surface area (Å²) < 4.78 is 1.95. The first-order valence-electron chi connectivity index (χ1n) is 6.56. The van der Waals surface area contributed by atoms with Crippen LogP contribution in [0, 0.1) is 0 Å². The average molecular weight is 322 g/mol. The molecule has 5 nitrogen and oxygen atoms in total. The van der Waals surface area contributed by atoms with Gasteiger partial charge in [0.05, 0.1) is 5.75 Å². The zero-order valence-electron chi connectivity index (χ0n) is 12.2. The van der Waals surface area contributed by atoms with Gasteiger partial charge in [0.25, 0.3) is 0 Å². The monoisotopic (exact) mass is 322 g/mol. The van der Waals surface area contributed by atoms with Crippen LogP contribution in [0.25, 0.3) is 0 Å². The summed E-state index contributed by atoms with van der Waals surface area (Å²) in [4.78, 5) is 13.1. The van der Waals surface area contributed by atoms with E-state index in [0.29, 0.717) is 5.75 Å². The summed E-state index contributed by atoms with van der Waals surface area (Å²) >= 11 is 3.04. The average Bonchev–Trinajstić information content (AvgIpc) is 2.94. The van der Waals surface area contributed by atoms with Crippen molar-refractivity contribution < 1.29 is 4.79 Å². The van der Waals surface area contributed by atoms with Crippen molar-refractivity contribution in [1.82, 2.24) is 14.8 Å². The molecule has 0 bridgehead atoms. The lowest BCUT2D eigenvalue weighted by Gasteiger charge is -2.09. The highest BCUT2D eigenvalue weighted by molar-refractivity contribution is 7.99. The number of nitrogens with one attached hydrogen (secondary N) is 1. The molecular formula is C14H18N4OS2. The van der Waals surface area contributed by atoms with Crippen LogP contribution in [0.15, 0.2) is 40.6 Å². The van der Waals surface area contributed by atoms with Crippen LogP contribution in [-0.2, 0) is 4.79 Å². The fourth-order valence-corrected chi connectivity index (χ4v) is 3.02. The SMILES string of the molecule is CSc1cccc(NC(=O)CSc2nncn2C(C)C)c1. The Labute approximate surface area is 132 Å². The zero-order chi connectivity index (χ0) is 15.2. The van der Waals surface area contributed by atoms with Crippen LogP contribution >= 0.6 is 23.5 Å². The Morgan fingerprint density at radius 3 is 2.95 bits per heavy atom. The molecule has 0 fully saturated rings. The first-order valence-corrected chi connectivity index (χ1v) is 8.77. The Bertz CT molecular complexity index is 613. The minimum Gasteiger partial charge on any atom is -0.325 e. The van der Waals surface area contributed by atoms with Crippen molar-refractivity contribution in [3.8, 4) is 0 Å². The van der Waals surface area contributed by atoms with Gasteiger partial charge in [0.2, 0.25) is 5.91 Å². The molecule has 0 spiro atoms. The maximum Gasteiger partial charge on any atom is 0.234 e. The summed E-state index contributed by atoms with van der Waals surface area (Å²) in [5.41, 5.74) is 0.817. The topological polar surface area (TPSA) is 59.8 Å². The van der Waals surface area contributed by atoms with Gasteiger partial charge in [0.15, 0.2) is 5.16 Å². The molecule has 1 amide bonds. The number of anilines is 1. The lowest BCUT2D eigenvalue weighted by Crippen LogP contribution is -2.14. The molecule has 0 atom stereocenters. The lowest BCUT2D eigenvalue weighted by atomic mass is 10.3. The molecule has 0 aliphatic heterocycles. The van der Waals surface area contributed by atoms with E-state index in [2.05, 4.69) is 29.4 Å². The van der Waals surface area contributed by atoms with Gasteiger partial charge in [-0.2, -0.15) is 0 Å². The van der Waals surface area contributed by atoms with E-state index in [1.165, 1.54) is 11.8 Å². The molecule has 0 radical (unpaired) electrons. The van der Waals surface area contributed by atoms with Crippen molar-refractivity contribution in [2.75, 3.05) is 17.3 Å². The van der Waals surface area contributed by atoms with Crippen LogP contribution in [0.1, 0.15) is 19.9 Å². The van der Waals surface area contributed by atoms with Gasteiger partial charge in [0.1, 0.15) is 6.33 Å². The van der Waals surface area contributed by atoms with Crippen LogP contribution in [0.4, 0.5) is 5.69 Å². The van der Waals surface area contributed by atoms with E-state index in [1.54, 1.807) is 18.1 Å². The summed E-state index contributed by atoms with van der Waals surface area (Å²) in [6.07, 6.45) is 3.70. The van der Waals surface area contributed by atoms with Crippen LogP contribution in [0.5, 0.6) is 0 Å². The van der Waals surface area contributed by atoms with Crippen LogP contribution in [0.3, 0.4) is 0 Å². The first-order chi connectivity index (χ1) is 10.1. The molecule has 1 aromatic carbocycles. The fraction of sp³-hybridized carbons (Fsp3) is 0.357. The summed E-state index contributed by atoms with van der Waals surface area (Å²) in [5, 5.41) is 11.6. The highest BCUT2D eigenvalue weighted by atomic mass is 32.2. The van der Waals surface area contributed by atoms with Gasteiger partial charge in [-0.1, -0.05) is 17.8 Å². The molecule has 1 N–H and O–H groups in total. The fourth-order valence-electron chi connectivity index (χ4n) is 1.72. The lowest BCUT2D eigenvalue weighted by molar-refractivity contribution is -0.113. The van der Waals surface area contributed by atoms with Crippen molar-refractivity contribution in [3.63, 3.8) is 0 Å². The molecule has 21 heavy (non-hydrogen) atoms. The van der Waals surface area contributed by atoms with E-state index in [1.807, 2.05) is 35.1 Å². The predicted molar refractivity (Wildman–Crippen MR) is 88.0 cm³/mol. The Kier molecular flexibility index (Phi) is 5.69. The second kappa shape index (κ2) is 7.51. The Morgan fingerprint density at radius 2 is 2.24 bits per heavy atom. The van der Waals surface area contributed by atoms with Gasteiger partial charge in [-0.05, 0) is 38.3 Å². The van der Waals surface area contributed by atoms with E-state index in [4.69, 9.17) is 0 Å². The number of carbonyl (C=O) groups excluding carboxylic acids is 1. The molecular weight excluding hydrogens is 304 g/mol. The largest absolute Gasteiger partial charge is 0.325 e. The van der Waals surface area contributed by atoms with Crippen molar-refractivity contribution in [2.24, 2.45) is 0 Å². The van der Waals surface area contributed by atoms with Gasteiger partial charge < -0.3 is 9.88 Å². The zero-order valence-corrected chi connectivity index (χ0v) is 13.9. The van der Waals surface area contributed by atoms with Gasteiger partial charge in [0, 0.05) is 16.6 Å². The molecule has 0 aliphatic carbocycles. The molecule has 1 aromatic heterocycles. The minimum absolute atomic E-state index is 0.0449. The van der Waals surface area contributed by atoms with Crippen LogP contribution < -0.4 is 5.32 Å². The molecule has 0 saturated heterocycles. The quantitative estimate of drug-likeness (QED) is 0.827. The molecule has 2 rings (SSSR count). The van der Waals surface area contributed by atoms with Crippen molar-refractivity contribution in [2.45, 2.75) is 29.9 Å². The molecule has 0 saturated carbocycles. The van der Waals surface area contributed by atoms with Gasteiger partial charge in [-0.15, -0.1) is 22.0 Å². The predicted octanol–water partition coefficient (Wildman–Crippen LogP) is 3.31. The third-order valence-corrected chi connectivity index (χ3v) is 4.46. The summed E-state index contributed by atoms with van der Waals surface area (Å²) in [5.74, 6) is 0.270. The van der Waals surface area contributed by atoms with Crippen LogP contribution in [-0.4, -0.2) is 32.7 Å². The van der Waals surface area contributed by atoms with E-state index in [-0.39, 0.29) is 11.9 Å². The van der Waals surface area contributed by atoms with Crippen LogP contribution in [0.2, 0.25) is 0 Å². The smallest absolute Gasteiger partial charge is 0.234 e. The number of thioether (sulfide) groups is 2. The third-order valence-electron chi connectivity index (χ3n) is 2.78. The number of nitrogens with zero attached hydrogens (tertiary/aromatic N) is 3. The molecule has 2 aromatic rings. The molecule has 1 heterocycles. The number of hydrogen-bond acceptors (Lipinski definition) is 5. The van der Waals surface area contributed by atoms with E-state index >= 15 is 0 Å². The highest BCUT2D eigenvalue weighted by Gasteiger charge is 2.10. The number of carbonyl (C=O) groups is 1. The second-order valence-electron chi connectivity index (χ2n) is 4.68. The minimum atomic E-state index is -0.0449. The highest BCUT2D eigenvalue weighted by Crippen LogP contribution is 2.21. The maximum atomic E-state index is 12.0. The molecule has 7 heteroatoms. The second-order valence-corrected chi connectivity index (χ2v) is 6.51. The molecule has 112 valence electrons. The normalized spacial score (nSPS) is 10.9. The Morgan fingerprint density at radius 1 is 1.43 bits per heavy atom. The van der Waals surface area contributed by atoms with Crippen molar-refractivity contribution in [3.05, 3.63) is 30.6 Å². The molecule has 0 unspecified atom stereocenters. The Balaban J connectivity index is 1.91. The summed E-state index contributed by atoms with van der Waals surface area (Å²) in [6.45, 7) is 4.11. The molecule has 0 aliphatic rings. The van der Waals surface area contributed by atoms with E-state index in [0.717, 1.165) is 15.7 Å². The Hall–Kier alpha value is -1.47. The van der Waals surface area contributed by atoms with Gasteiger partial charge >= 0.3 is 0 Å². The summed E-state index contributed by atoms with van der Waals surface area (Å²) in [6, 6.07) is 8.08. The third kappa shape index (κ3) is 4.50. The van der Waals surface area contributed by atoms with Gasteiger partial charge in [-0.25, -0.2) is 0 Å². The maximum absolute atomic E-state index is 12.0. The first kappa shape index (κ1) is 15.9. The standard InChI is InChI=1S/C14H18N4OS2/c1-10(2)18-9-15-17-14(18)21-8-13(19)16-11-5-4-6-12(7-11)20-3/h4-7,9-10H,8H2,1-3H3,(H,16,19). The number of hydrogen-bond donors (Lipinski definition) is 1. The van der Waals surface area contributed by atoms with Gasteiger partial charge in [-0.3, -0.25) is 4.79 Å². The van der Waals surface area contributed by atoms with E-state index in [9.17, 15) is 4.79 Å². The van der Waals surface area contributed by atoms with E-state index < -0.39 is 0 Å². The van der Waals surface area contributed by atoms with Crippen molar-refractivity contribution >= 4 is 35.1 Å². The number of amides is 1. The van der Waals surface area contributed by atoms with Crippen molar-refractivity contribution in [1.29, 1.82) is 0 Å². The number of benzene rings is 1. The summed E-state index contributed by atoms with van der Waals surface area (Å²) in [7, 11) is 0. The number of aromatic nitrogens is 3.